The quantitative estimate of drug-likeness (QED) is 0.913. The van der Waals surface area contributed by atoms with Gasteiger partial charge in [-0.1, -0.05) is 13.0 Å². The maximum atomic E-state index is 13.7. The summed E-state index contributed by atoms with van der Waals surface area (Å²) in [5.41, 5.74) is 0.00995. The van der Waals surface area contributed by atoms with Gasteiger partial charge in [-0.05, 0) is 43.0 Å². The van der Waals surface area contributed by atoms with Crippen molar-refractivity contribution in [3.05, 3.63) is 59.4 Å². The van der Waals surface area contributed by atoms with Gasteiger partial charge in [-0.25, -0.2) is 13.8 Å². The van der Waals surface area contributed by atoms with Gasteiger partial charge < -0.3 is 10.2 Å². The van der Waals surface area contributed by atoms with Crippen molar-refractivity contribution in [1.82, 2.24) is 9.88 Å². The van der Waals surface area contributed by atoms with Gasteiger partial charge in [-0.15, -0.1) is 0 Å². The summed E-state index contributed by atoms with van der Waals surface area (Å²) in [5, 5.41) is 2.34. The Labute approximate surface area is 150 Å². The second-order valence-electron chi connectivity index (χ2n) is 6.48. The molecule has 1 aromatic heterocycles. The van der Waals surface area contributed by atoms with Gasteiger partial charge in [-0.2, -0.15) is 0 Å². The summed E-state index contributed by atoms with van der Waals surface area (Å²) in [6, 6.07) is 7.41. The Morgan fingerprint density at radius 3 is 2.69 bits per heavy atom. The molecule has 1 N–H and O–H groups in total. The van der Waals surface area contributed by atoms with Crippen LogP contribution in [0.25, 0.3) is 0 Å². The average Bonchev–Trinajstić information content (AvgIpc) is 2.63. The first-order valence-electron chi connectivity index (χ1n) is 8.47. The SMILES string of the molecule is CC1CCCN(C(=O)c2cccc(C(=O)Nc3ccc(F)cc3F)n2)C1. The van der Waals surface area contributed by atoms with Gasteiger partial charge in [0.1, 0.15) is 23.0 Å². The lowest BCUT2D eigenvalue weighted by Crippen LogP contribution is -2.39. The van der Waals surface area contributed by atoms with E-state index in [-0.39, 0.29) is 23.0 Å². The number of nitrogens with zero attached hydrogens (tertiary/aromatic N) is 2. The van der Waals surface area contributed by atoms with Crippen LogP contribution < -0.4 is 5.32 Å². The highest BCUT2D eigenvalue weighted by Gasteiger charge is 2.23. The summed E-state index contributed by atoms with van der Waals surface area (Å²) in [6.45, 7) is 3.42. The molecule has 7 heteroatoms. The molecule has 1 saturated heterocycles. The minimum absolute atomic E-state index is 0.00960. The van der Waals surface area contributed by atoms with Crippen LogP contribution in [0.3, 0.4) is 0 Å². The van der Waals surface area contributed by atoms with Crippen LogP contribution >= 0.6 is 0 Å². The number of nitrogens with one attached hydrogen (secondary N) is 1. The van der Waals surface area contributed by atoms with Crippen LogP contribution in [0.2, 0.25) is 0 Å². The highest BCUT2D eigenvalue weighted by atomic mass is 19.1. The number of halogens is 2. The van der Waals surface area contributed by atoms with Crippen LogP contribution in [0.5, 0.6) is 0 Å². The Kier molecular flexibility index (Phi) is 5.25. The summed E-state index contributed by atoms with van der Waals surface area (Å²) in [4.78, 5) is 30.7. The molecule has 2 aromatic rings. The predicted molar refractivity (Wildman–Crippen MR) is 92.8 cm³/mol. The zero-order valence-corrected chi connectivity index (χ0v) is 14.3. The first-order valence-corrected chi connectivity index (χ1v) is 8.47. The van der Waals surface area contributed by atoms with Gasteiger partial charge >= 0.3 is 0 Å². The van der Waals surface area contributed by atoms with Crippen LogP contribution in [0.1, 0.15) is 40.7 Å². The maximum absolute atomic E-state index is 13.7. The van der Waals surface area contributed by atoms with E-state index >= 15 is 0 Å². The Morgan fingerprint density at radius 2 is 1.96 bits per heavy atom. The number of carbonyl (C=O) groups is 2. The van der Waals surface area contributed by atoms with Crippen molar-refractivity contribution in [3.8, 4) is 0 Å². The van der Waals surface area contributed by atoms with E-state index in [1.165, 1.54) is 6.07 Å². The van der Waals surface area contributed by atoms with Gasteiger partial charge in [0.15, 0.2) is 0 Å². The Balaban J connectivity index is 1.75. The van der Waals surface area contributed by atoms with E-state index in [4.69, 9.17) is 0 Å². The molecule has 1 unspecified atom stereocenters. The number of hydrogen-bond donors (Lipinski definition) is 1. The van der Waals surface area contributed by atoms with Crippen molar-refractivity contribution in [1.29, 1.82) is 0 Å². The molecule has 136 valence electrons. The fraction of sp³-hybridized carbons (Fsp3) is 0.316. The number of pyridine rings is 1. The molecule has 0 aliphatic carbocycles. The molecule has 0 saturated carbocycles. The molecule has 1 fully saturated rings. The van der Waals surface area contributed by atoms with E-state index in [0.29, 0.717) is 25.1 Å². The summed E-state index contributed by atoms with van der Waals surface area (Å²) < 4.78 is 26.6. The zero-order chi connectivity index (χ0) is 18.7. The van der Waals surface area contributed by atoms with Crippen molar-refractivity contribution >= 4 is 17.5 Å². The molecule has 0 bridgehead atoms. The number of anilines is 1. The molecule has 1 atom stereocenters. The fourth-order valence-electron chi connectivity index (χ4n) is 2.99. The first kappa shape index (κ1) is 18.0. The van der Waals surface area contributed by atoms with Crippen LogP contribution in [0.4, 0.5) is 14.5 Å². The zero-order valence-electron chi connectivity index (χ0n) is 14.3. The third-order valence-corrected chi connectivity index (χ3v) is 4.32. The number of carbonyl (C=O) groups excluding carboxylic acids is 2. The standard InChI is InChI=1S/C19H19F2N3O2/c1-12-4-3-9-24(11-12)19(26)17-6-2-5-16(22-17)18(25)23-15-8-7-13(20)10-14(15)21/h2,5-8,10,12H,3-4,9,11H2,1H3,(H,23,25). The van der Waals surface area contributed by atoms with Gasteiger partial charge in [0.05, 0.1) is 5.69 Å². The van der Waals surface area contributed by atoms with Crippen molar-refractivity contribution in [2.45, 2.75) is 19.8 Å². The van der Waals surface area contributed by atoms with Crippen molar-refractivity contribution in [2.75, 3.05) is 18.4 Å². The topological polar surface area (TPSA) is 62.3 Å². The van der Waals surface area contributed by atoms with Crippen molar-refractivity contribution in [3.63, 3.8) is 0 Å². The van der Waals surface area contributed by atoms with Crippen molar-refractivity contribution < 1.29 is 18.4 Å². The lowest BCUT2D eigenvalue weighted by atomic mass is 10.00. The van der Waals surface area contributed by atoms with Gasteiger partial charge in [0.2, 0.25) is 0 Å². The minimum Gasteiger partial charge on any atom is -0.337 e. The molecule has 0 spiro atoms. The Morgan fingerprint density at radius 1 is 1.19 bits per heavy atom. The second-order valence-corrected chi connectivity index (χ2v) is 6.48. The molecular formula is C19H19F2N3O2. The third-order valence-electron chi connectivity index (χ3n) is 4.32. The highest BCUT2D eigenvalue weighted by molar-refractivity contribution is 6.03. The van der Waals surface area contributed by atoms with E-state index in [0.717, 1.165) is 25.0 Å². The van der Waals surface area contributed by atoms with Gasteiger partial charge in [0, 0.05) is 19.2 Å². The number of hydrogen-bond acceptors (Lipinski definition) is 3. The second kappa shape index (κ2) is 7.59. The monoisotopic (exact) mass is 359 g/mol. The number of likely N-dealkylation sites (tertiary alicyclic amines) is 1. The lowest BCUT2D eigenvalue weighted by Gasteiger charge is -2.30. The number of amides is 2. The number of benzene rings is 1. The van der Waals surface area contributed by atoms with E-state index in [9.17, 15) is 18.4 Å². The molecule has 1 aliphatic heterocycles. The average molecular weight is 359 g/mol. The van der Waals surface area contributed by atoms with Crippen LogP contribution in [0, 0.1) is 17.6 Å². The van der Waals surface area contributed by atoms with E-state index < -0.39 is 17.5 Å². The minimum atomic E-state index is -0.882. The molecule has 5 nitrogen and oxygen atoms in total. The first-order chi connectivity index (χ1) is 12.4. The van der Waals surface area contributed by atoms with Crippen LogP contribution in [-0.2, 0) is 0 Å². The molecule has 2 heterocycles. The molecule has 0 radical (unpaired) electrons. The van der Waals surface area contributed by atoms with Gasteiger partial charge in [-0.3, -0.25) is 9.59 Å². The molecule has 1 aromatic carbocycles. The van der Waals surface area contributed by atoms with Crippen molar-refractivity contribution in [2.24, 2.45) is 5.92 Å². The molecular weight excluding hydrogens is 340 g/mol. The highest BCUT2D eigenvalue weighted by Crippen LogP contribution is 2.18. The normalized spacial score (nSPS) is 17.0. The van der Waals surface area contributed by atoms with Crippen LogP contribution in [0.15, 0.2) is 36.4 Å². The smallest absolute Gasteiger partial charge is 0.274 e. The summed E-state index contributed by atoms with van der Waals surface area (Å²) >= 11 is 0. The largest absolute Gasteiger partial charge is 0.337 e. The van der Waals surface area contributed by atoms with E-state index in [2.05, 4.69) is 17.2 Å². The van der Waals surface area contributed by atoms with E-state index in [1.807, 2.05) is 0 Å². The maximum Gasteiger partial charge on any atom is 0.274 e. The van der Waals surface area contributed by atoms with Gasteiger partial charge in [0.25, 0.3) is 11.8 Å². The molecule has 1 aliphatic rings. The fourth-order valence-corrected chi connectivity index (χ4v) is 2.99. The molecule has 26 heavy (non-hydrogen) atoms. The number of piperidine rings is 1. The van der Waals surface area contributed by atoms with Crippen LogP contribution in [-0.4, -0.2) is 34.8 Å². The summed E-state index contributed by atoms with van der Waals surface area (Å²) in [7, 11) is 0. The summed E-state index contributed by atoms with van der Waals surface area (Å²) in [5.74, 6) is -2.08. The Bertz CT molecular complexity index is 841. The third kappa shape index (κ3) is 4.04. The lowest BCUT2D eigenvalue weighted by molar-refractivity contribution is 0.0677. The summed E-state index contributed by atoms with van der Waals surface area (Å²) in [6.07, 6.45) is 2.03. The predicted octanol–water partition coefficient (Wildman–Crippen LogP) is 3.48. The Hall–Kier alpha value is -2.83. The van der Waals surface area contributed by atoms with E-state index in [1.54, 1.807) is 17.0 Å². The molecule has 3 rings (SSSR count). The number of aromatic nitrogens is 1. The number of rotatable bonds is 3. The molecule has 2 amide bonds.